The number of carboxylic acids is 1. The summed E-state index contributed by atoms with van der Waals surface area (Å²) in [6, 6.07) is 3.70. The molecule has 4 nitrogen and oxygen atoms in total. The Labute approximate surface area is 114 Å². The molecular formula is C12H13ClO4S. The van der Waals surface area contributed by atoms with Crippen molar-refractivity contribution in [1.82, 2.24) is 0 Å². The molecule has 0 saturated heterocycles. The van der Waals surface area contributed by atoms with Gasteiger partial charge in [0.1, 0.15) is 5.75 Å². The van der Waals surface area contributed by atoms with E-state index >= 15 is 0 Å². The Morgan fingerprint density at radius 2 is 2.33 bits per heavy atom. The van der Waals surface area contributed by atoms with Crippen LogP contribution in [0.1, 0.15) is 17.5 Å². The number of carboxylic acid groups (broad SMARTS) is 1. The second kappa shape index (κ2) is 6.31. The monoisotopic (exact) mass is 288 g/mol. The summed E-state index contributed by atoms with van der Waals surface area (Å²) >= 11 is 7.59. The van der Waals surface area contributed by atoms with Gasteiger partial charge in [-0.15, -0.1) is 0 Å². The smallest absolute Gasteiger partial charge is 0.304 e. The summed E-state index contributed by atoms with van der Waals surface area (Å²) in [5.74, 6) is 1.32. The summed E-state index contributed by atoms with van der Waals surface area (Å²) in [7, 11) is 0. The van der Waals surface area contributed by atoms with Gasteiger partial charge in [-0.2, -0.15) is 11.8 Å². The summed E-state index contributed by atoms with van der Waals surface area (Å²) in [6.45, 7) is 0.754. The first-order valence-electron chi connectivity index (χ1n) is 5.48. The van der Waals surface area contributed by atoms with E-state index in [2.05, 4.69) is 0 Å². The average Bonchev–Trinajstić information content (AvgIpc) is 2.34. The Balaban J connectivity index is 2.02. The number of aliphatic carboxylic acids is 1. The van der Waals surface area contributed by atoms with Gasteiger partial charge in [0.2, 0.25) is 0 Å². The molecule has 1 aromatic carbocycles. The largest absolute Gasteiger partial charge is 0.481 e. The molecule has 0 unspecified atom stereocenters. The summed E-state index contributed by atoms with van der Waals surface area (Å²) in [6.07, 6.45) is 0.164. The Hall–Kier alpha value is -0.910. The van der Waals surface area contributed by atoms with Gasteiger partial charge in [0.05, 0.1) is 13.0 Å². The van der Waals surface area contributed by atoms with E-state index in [9.17, 15) is 4.79 Å². The van der Waals surface area contributed by atoms with Gasteiger partial charge in [0, 0.05) is 27.7 Å². The van der Waals surface area contributed by atoms with E-state index in [0.717, 1.165) is 16.9 Å². The third kappa shape index (κ3) is 3.54. The van der Waals surface area contributed by atoms with Crippen molar-refractivity contribution in [3.63, 3.8) is 0 Å². The molecule has 0 atom stereocenters. The average molecular weight is 289 g/mol. The van der Waals surface area contributed by atoms with Crippen LogP contribution in [0.15, 0.2) is 12.1 Å². The van der Waals surface area contributed by atoms with E-state index in [1.807, 2.05) is 12.1 Å². The minimum atomic E-state index is -0.778. The van der Waals surface area contributed by atoms with E-state index in [1.165, 1.54) is 0 Å². The van der Waals surface area contributed by atoms with E-state index in [1.54, 1.807) is 11.8 Å². The molecular weight excluding hydrogens is 276 g/mol. The minimum Gasteiger partial charge on any atom is -0.481 e. The van der Waals surface area contributed by atoms with E-state index in [-0.39, 0.29) is 13.2 Å². The normalized spacial score (nSPS) is 13.8. The molecule has 0 amide bonds. The van der Waals surface area contributed by atoms with Gasteiger partial charge in [-0.05, 0) is 12.1 Å². The highest BCUT2D eigenvalue weighted by Gasteiger charge is 2.16. The lowest BCUT2D eigenvalue weighted by Gasteiger charge is -2.21. The summed E-state index contributed by atoms with van der Waals surface area (Å²) in [4.78, 5) is 10.4. The molecule has 1 aromatic rings. The minimum absolute atomic E-state index is 0.164. The molecule has 0 aromatic heterocycles. The van der Waals surface area contributed by atoms with Gasteiger partial charge < -0.3 is 14.6 Å². The van der Waals surface area contributed by atoms with Crippen molar-refractivity contribution >= 4 is 29.3 Å². The maximum Gasteiger partial charge on any atom is 0.304 e. The molecule has 98 valence electrons. The summed E-state index contributed by atoms with van der Waals surface area (Å²) in [5, 5.41) is 9.22. The molecule has 0 bridgehead atoms. The van der Waals surface area contributed by atoms with Gasteiger partial charge in [0.25, 0.3) is 0 Å². The van der Waals surface area contributed by atoms with Crippen LogP contribution in [-0.4, -0.2) is 23.6 Å². The molecule has 0 spiro atoms. The molecule has 18 heavy (non-hydrogen) atoms. The number of ether oxygens (including phenoxy) is 2. The fourth-order valence-electron chi connectivity index (χ4n) is 1.71. The van der Waals surface area contributed by atoms with Crippen LogP contribution in [0.25, 0.3) is 0 Å². The van der Waals surface area contributed by atoms with E-state index in [0.29, 0.717) is 23.1 Å². The number of hydrogen-bond donors (Lipinski definition) is 1. The zero-order valence-electron chi connectivity index (χ0n) is 9.65. The number of fused-ring (bicyclic) bond motifs is 1. The SMILES string of the molecule is O=C(O)CCSCc1cc(Cl)cc2c1OCOC2. The number of hydrogen-bond acceptors (Lipinski definition) is 4. The van der Waals surface area contributed by atoms with Crippen LogP contribution in [0.2, 0.25) is 5.02 Å². The lowest BCUT2D eigenvalue weighted by molar-refractivity contribution is -0.136. The Morgan fingerprint density at radius 3 is 3.11 bits per heavy atom. The topological polar surface area (TPSA) is 55.8 Å². The van der Waals surface area contributed by atoms with Crippen LogP contribution in [-0.2, 0) is 21.9 Å². The van der Waals surface area contributed by atoms with Crippen LogP contribution in [0.4, 0.5) is 0 Å². The molecule has 1 aliphatic heterocycles. The van der Waals surface area contributed by atoms with Crippen LogP contribution in [0.5, 0.6) is 5.75 Å². The lowest BCUT2D eigenvalue weighted by Crippen LogP contribution is -2.13. The second-order valence-corrected chi connectivity index (χ2v) is 5.40. The zero-order valence-corrected chi connectivity index (χ0v) is 11.2. The Bertz CT molecular complexity index is 450. The highest BCUT2D eigenvalue weighted by Crippen LogP contribution is 2.33. The van der Waals surface area contributed by atoms with Crippen LogP contribution in [0, 0.1) is 0 Å². The van der Waals surface area contributed by atoms with Crippen molar-refractivity contribution in [2.45, 2.75) is 18.8 Å². The number of carbonyl (C=O) groups is 1. The van der Waals surface area contributed by atoms with Gasteiger partial charge >= 0.3 is 5.97 Å². The third-order valence-electron chi connectivity index (χ3n) is 2.47. The third-order valence-corrected chi connectivity index (χ3v) is 3.70. The molecule has 1 N–H and O–H groups in total. The summed E-state index contributed by atoms with van der Waals surface area (Å²) < 4.78 is 10.7. The lowest BCUT2D eigenvalue weighted by atomic mass is 10.1. The molecule has 0 aliphatic carbocycles. The van der Waals surface area contributed by atoms with Crippen LogP contribution < -0.4 is 4.74 Å². The highest BCUT2D eigenvalue weighted by atomic mass is 35.5. The quantitative estimate of drug-likeness (QED) is 0.844. The summed E-state index contributed by atoms with van der Waals surface area (Å²) in [5.41, 5.74) is 1.94. The van der Waals surface area contributed by atoms with Crippen molar-refractivity contribution in [1.29, 1.82) is 0 Å². The fourth-order valence-corrected chi connectivity index (χ4v) is 2.87. The predicted molar refractivity (Wildman–Crippen MR) is 70.2 cm³/mol. The van der Waals surface area contributed by atoms with E-state index < -0.39 is 5.97 Å². The van der Waals surface area contributed by atoms with E-state index in [4.69, 9.17) is 26.2 Å². The van der Waals surface area contributed by atoms with Crippen molar-refractivity contribution in [3.05, 3.63) is 28.3 Å². The molecule has 0 radical (unpaired) electrons. The number of thioether (sulfide) groups is 1. The number of benzene rings is 1. The van der Waals surface area contributed by atoms with Gasteiger partial charge in [-0.1, -0.05) is 11.6 Å². The van der Waals surface area contributed by atoms with Crippen LogP contribution >= 0.6 is 23.4 Å². The molecule has 0 saturated carbocycles. The highest BCUT2D eigenvalue weighted by molar-refractivity contribution is 7.98. The fraction of sp³-hybridized carbons (Fsp3) is 0.417. The van der Waals surface area contributed by atoms with Crippen molar-refractivity contribution in [2.24, 2.45) is 0 Å². The maximum atomic E-state index is 10.4. The first-order valence-corrected chi connectivity index (χ1v) is 7.01. The van der Waals surface area contributed by atoms with Gasteiger partial charge in [0.15, 0.2) is 6.79 Å². The molecule has 1 heterocycles. The van der Waals surface area contributed by atoms with Gasteiger partial charge in [-0.3, -0.25) is 4.79 Å². The van der Waals surface area contributed by atoms with Crippen LogP contribution in [0.3, 0.4) is 0 Å². The predicted octanol–water partition coefficient (Wildman–Crippen LogP) is 2.91. The number of rotatable bonds is 5. The van der Waals surface area contributed by atoms with Crippen molar-refractivity contribution in [2.75, 3.05) is 12.5 Å². The molecule has 0 fully saturated rings. The van der Waals surface area contributed by atoms with Crippen molar-refractivity contribution in [3.8, 4) is 5.75 Å². The first-order chi connectivity index (χ1) is 8.66. The first kappa shape index (κ1) is 13.5. The van der Waals surface area contributed by atoms with Crippen molar-refractivity contribution < 1.29 is 19.4 Å². The molecule has 6 heteroatoms. The maximum absolute atomic E-state index is 10.4. The standard InChI is InChI=1S/C12H13ClO4S/c13-10-3-8-5-16-7-17-12(8)9(4-10)6-18-2-1-11(14)15/h3-4H,1-2,5-7H2,(H,14,15). The Morgan fingerprint density at radius 1 is 1.50 bits per heavy atom. The molecule has 1 aliphatic rings. The Kier molecular flexibility index (Phi) is 4.74. The zero-order chi connectivity index (χ0) is 13.0. The molecule has 2 rings (SSSR count). The number of halogens is 1. The van der Waals surface area contributed by atoms with Gasteiger partial charge in [-0.25, -0.2) is 0 Å². The second-order valence-electron chi connectivity index (χ2n) is 3.86.